The van der Waals surface area contributed by atoms with Gasteiger partial charge in [0.2, 0.25) is 5.88 Å². The normalized spacial score (nSPS) is 15.5. The molecule has 4 heterocycles. The fourth-order valence-corrected chi connectivity index (χ4v) is 4.81. The van der Waals surface area contributed by atoms with Gasteiger partial charge in [0.15, 0.2) is 0 Å². The number of ether oxygens (including phenoxy) is 1. The number of fused-ring (bicyclic) bond motifs is 1. The highest BCUT2D eigenvalue weighted by molar-refractivity contribution is 5.80. The summed E-state index contributed by atoms with van der Waals surface area (Å²) < 4.78 is 7.31. The van der Waals surface area contributed by atoms with Crippen molar-refractivity contribution in [1.82, 2.24) is 34.8 Å². The average Bonchev–Trinajstić information content (AvgIpc) is 3.37. The molecule has 0 bridgehead atoms. The van der Waals surface area contributed by atoms with E-state index in [1.165, 1.54) is 0 Å². The highest BCUT2D eigenvalue weighted by atomic mass is 16.5. The predicted molar refractivity (Wildman–Crippen MR) is 124 cm³/mol. The molecule has 3 aromatic heterocycles. The number of H-pyrrole nitrogens is 1. The van der Waals surface area contributed by atoms with E-state index in [1.807, 2.05) is 26.1 Å². The van der Waals surface area contributed by atoms with E-state index in [-0.39, 0.29) is 0 Å². The maximum absolute atomic E-state index is 5.55. The van der Waals surface area contributed by atoms with Gasteiger partial charge in [-0.3, -0.25) is 10.00 Å². The Hall–Kier alpha value is -3.26. The highest BCUT2D eigenvalue weighted by Crippen LogP contribution is 2.34. The number of hydrogen-bond donors (Lipinski definition) is 1. The summed E-state index contributed by atoms with van der Waals surface area (Å²) in [6.45, 7) is 6.87. The number of aryl methyl sites for hydroxylation is 3. The maximum atomic E-state index is 5.55. The molecule has 0 radical (unpaired) electrons. The van der Waals surface area contributed by atoms with Crippen LogP contribution in [0.25, 0.3) is 22.2 Å². The third-order valence-corrected chi connectivity index (χ3v) is 6.44. The molecule has 0 amide bonds. The van der Waals surface area contributed by atoms with E-state index in [1.54, 1.807) is 11.8 Å². The fourth-order valence-electron chi connectivity index (χ4n) is 4.81. The zero-order valence-corrected chi connectivity index (χ0v) is 19.1. The molecule has 4 aromatic rings. The summed E-state index contributed by atoms with van der Waals surface area (Å²) in [7, 11) is 3.57. The van der Waals surface area contributed by atoms with Crippen LogP contribution in [0.5, 0.6) is 5.88 Å². The van der Waals surface area contributed by atoms with Crippen molar-refractivity contribution in [2.45, 2.75) is 39.2 Å². The Morgan fingerprint density at radius 3 is 2.66 bits per heavy atom. The molecule has 8 nitrogen and oxygen atoms in total. The van der Waals surface area contributed by atoms with Gasteiger partial charge >= 0.3 is 0 Å². The first-order valence-electron chi connectivity index (χ1n) is 11.1. The number of aromatic amines is 1. The Bertz CT molecular complexity index is 1250. The SMILES string of the molecule is COc1c(-c2cc(C3CCN(Cc4nc(C)c5ccccc5n4)CC3)n[nH]2)c(C)nn1C. The van der Waals surface area contributed by atoms with Crippen LogP contribution in [0.4, 0.5) is 0 Å². The standard InChI is InChI=1S/C24H29N7O/c1-15-18-7-5-6-8-19(18)26-22(25-15)14-31-11-9-17(10-12-31)20-13-21(28-27-20)23-16(2)29-30(3)24(23)32-4/h5-8,13,17H,9-12,14H2,1-4H3,(H,27,28). The van der Waals surface area contributed by atoms with Crippen LogP contribution < -0.4 is 4.74 Å². The molecule has 0 atom stereocenters. The number of benzene rings is 1. The molecule has 5 rings (SSSR count). The molecule has 1 saturated heterocycles. The molecule has 1 aromatic carbocycles. The number of rotatable bonds is 5. The van der Waals surface area contributed by atoms with Crippen molar-refractivity contribution in [3.63, 3.8) is 0 Å². The fraction of sp³-hybridized carbons (Fsp3) is 0.417. The second kappa shape index (κ2) is 8.35. The quantitative estimate of drug-likeness (QED) is 0.518. The number of para-hydroxylation sites is 1. The topological polar surface area (TPSA) is 84.8 Å². The molecule has 0 unspecified atom stereocenters. The van der Waals surface area contributed by atoms with E-state index in [0.29, 0.717) is 5.92 Å². The second-order valence-corrected chi connectivity index (χ2v) is 8.59. The van der Waals surface area contributed by atoms with Crippen LogP contribution in [-0.2, 0) is 13.6 Å². The number of piperidine rings is 1. The molecule has 1 fully saturated rings. The third kappa shape index (κ3) is 3.75. The lowest BCUT2D eigenvalue weighted by atomic mass is 9.93. The van der Waals surface area contributed by atoms with E-state index in [4.69, 9.17) is 14.7 Å². The Kier molecular flexibility index (Phi) is 5.38. The van der Waals surface area contributed by atoms with Crippen molar-refractivity contribution in [2.75, 3.05) is 20.2 Å². The van der Waals surface area contributed by atoms with Crippen LogP contribution in [0.2, 0.25) is 0 Å². The lowest BCUT2D eigenvalue weighted by molar-refractivity contribution is 0.199. The smallest absolute Gasteiger partial charge is 0.221 e. The second-order valence-electron chi connectivity index (χ2n) is 8.59. The van der Waals surface area contributed by atoms with E-state index in [9.17, 15) is 0 Å². The Labute approximate surface area is 187 Å². The molecular weight excluding hydrogens is 402 g/mol. The van der Waals surface area contributed by atoms with Crippen molar-refractivity contribution >= 4 is 10.9 Å². The van der Waals surface area contributed by atoms with Crippen LogP contribution in [0.1, 0.15) is 41.7 Å². The van der Waals surface area contributed by atoms with E-state index in [2.05, 4.69) is 45.3 Å². The van der Waals surface area contributed by atoms with Gasteiger partial charge in [0, 0.05) is 24.0 Å². The van der Waals surface area contributed by atoms with Gasteiger partial charge in [0.1, 0.15) is 5.82 Å². The van der Waals surface area contributed by atoms with E-state index >= 15 is 0 Å². The van der Waals surface area contributed by atoms with Crippen molar-refractivity contribution in [2.24, 2.45) is 7.05 Å². The monoisotopic (exact) mass is 431 g/mol. The molecule has 0 spiro atoms. The molecule has 1 N–H and O–H groups in total. The van der Waals surface area contributed by atoms with E-state index in [0.717, 1.165) is 83.4 Å². The minimum atomic E-state index is 0.443. The van der Waals surface area contributed by atoms with Gasteiger partial charge in [0.05, 0.1) is 41.8 Å². The lowest BCUT2D eigenvalue weighted by Gasteiger charge is -2.30. The van der Waals surface area contributed by atoms with Gasteiger partial charge < -0.3 is 4.74 Å². The number of aromatic nitrogens is 6. The van der Waals surface area contributed by atoms with Gasteiger partial charge in [0.25, 0.3) is 0 Å². The average molecular weight is 432 g/mol. The summed E-state index contributed by atoms with van der Waals surface area (Å²) in [5, 5.41) is 13.5. The van der Waals surface area contributed by atoms with Crippen LogP contribution in [0.3, 0.4) is 0 Å². The predicted octanol–water partition coefficient (Wildman–Crippen LogP) is 3.76. The van der Waals surface area contributed by atoms with Gasteiger partial charge in [-0.2, -0.15) is 10.2 Å². The Balaban J connectivity index is 1.26. The lowest BCUT2D eigenvalue weighted by Crippen LogP contribution is -2.33. The van der Waals surface area contributed by atoms with Crippen LogP contribution in [-0.4, -0.2) is 55.0 Å². The summed E-state index contributed by atoms with van der Waals surface area (Å²) in [5.41, 5.74) is 6.06. The van der Waals surface area contributed by atoms with Crippen LogP contribution in [0.15, 0.2) is 30.3 Å². The third-order valence-electron chi connectivity index (χ3n) is 6.44. The molecule has 32 heavy (non-hydrogen) atoms. The first-order chi connectivity index (χ1) is 15.5. The summed E-state index contributed by atoms with van der Waals surface area (Å²) in [6.07, 6.45) is 2.14. The first-order valence-corrected chi connectivity index (χ1v) is 11.1. The first kappa shape index (κ1) is 20.6. The largest absolute Gasteiger partial charge is 0.481 e. The van der Waals surface area contributed by atoms with Gasteiger partial charge in [-0.25, -0.2) is 14.6 Å². The van der Waals surface area contributed by atoms with Crippen LogP contribution in [0, 0.1) is 13.8 Å². The van der Waals surface area contributed by atoms with E-state index < -0.39 is 0 Å². The zero-order valence-electron chi connectivity index (χ0n) is 19.1. The van der Waals surface area contributed by atoms with Crippen molar-refractivity contribution < 1.29 is 4.74 Å². The van der Waals surface area contributed by atoms with Crippen molar-refractivity contribution in [3.05, 3.63) is 53.2 Å². The maximum Gasteiger partial charge on any atom is 0.221 e. The molecule has 1 aliphatic heterocycles. The molecule has 166 valence electrons. The number of likely N-dealkylation sites (tertiary alicyclic amines) is 1. The Morgan fingerprint density at radius 2 is 1.88 bits per heavy atom. The summed E-state index contributed by atoms with van der Waals surface area (Å²) >= 11 is 0. The summed E-state index contributed by atoms with van der Waals surface area (Å²) in [4.78, 5) is 12.0. The van der Waals surface area contributed by atoms with Gasteiger partial charge in [-0.15, -0.1) is 0 Å². The van der Waals surface area contributed by atoms with Crippen molar-refractivity contribution in [3.8, 4) is 17.1 Å². The van der Waals surface area contributed by atoms with Crippen LogP contribution >= 0.6 is 0 Å². The number of nitrogens with one attached hydrogen (secondary N) is 1. The molecule has 0 aliphatic carbocycles. The Morgan fingerprint density at radius 1 is 1.09 bits per heavy atom. The number of hydrogen-bond acceptors (Lipinski definition) is 6. The minimum absolute atomic E-state index is 0.443. The minimum Gasteiger partial charge on any atom is -0.481 e. The van der Waals surface area contributed by atoms with Gasteiger partial charge in [-0.05, 0) is 51.9 Å². The molecule has 0 saturated carbocycles. The molecular formula is C24H29N7O. The number of methoxy groups -OCH3 is 1. The van der Waals surface area contributed by atoms with Gasteiger partial charge in [-0.1, -0.05) is 18.2 Å². The number of nitrogens with zero attached hydrogens (tertiary/aromatic N) is 6. The highest BCUT2D eigenvalue weighted by Gasteiger charge is 2.25. The zero-order chi connectivity index (χ0) is 22.2. The summed E-state index contributed by atoms with van der Waals surface area (Å²) in [5.74, 6) is 2.09. The molecule has 8 heteroatoms. The summed E-state index contributed by atoms with van der Waals surface area (Å²) in [6, 6.07) is 10.4. The van der Waals surface area contributed by atoms with Crippen molar-refractivity contribution in [1.29, 1.82) is 0 Å². The molecule has 1 aliphatic rings.